The predicted octanol–water partition coefficient (Wildman–Crippen LogP) is 3.82. The van der Waals surface area contributed by atoms with Crippen LogP contribution in [0.15, 0.2) is 18.2 Å². The summed E-state index contributed by atoms with van der Waals surface area (Å²) < 4.78 is 33.9. The fourth-order valence-electron chi connectivity index (χ4n) is 3.32. The van der Waals surface area contributed by atoms with Crippen LogP contribution in [-0.2, 0) is 4.74 Å². The summed E-state index contributed by atoms with van der Waals surface area (Å²) in [5, 5.41) is 3.07. The number of likely N-dealkylation sites (N-methyl/N-ethyl adjacent to an activating group) is 1. The highest BCUT2D eigenvalue weighted by Gasteiger charge is 2.43. The summed E-state index contributed by atoms with van der Waals surface area (Å²) >= 11 is 0. The van der Waals surface area contributed by atoms with Crippen LogP contribution in [-0.4, -0.2) is 19.8 Å². The van der Waals surface area contributed by atoms with Gasteiger partial charge in [0, 0.05) is 12.7 Å². The molecule has 1 saturated carbocycles. The first-order chi connectivity index (χ1) is 9.54. The molecule has 0 heterocycles. The molecule has 1 fully saturated rings. The second kappa shape index (κ2) is 6.19. The van der Waals surface area contributed by atoms with E-state index in [1.807, 2.05) is 0 Å². The highest BCUT2D eigenvalue weighted by molar-refractivity contribution is 5.26. The molecule has 1 atom stereocenters. The van der Waals surface area contributed by atoms with Crippen molar-refractivity contribution >= 4 is 0 Å². The van der Waals surface area contributed by atoms with Crippen LogP contribution in [0.25, 0.3) is 0 Å². The number of halogens is 2. The van der Waals surface area contributed by atoms with E-state index in [0.717, 1.165) is 25.7 Å². The van der Waals surface area contributed by atoms with Gasteiger partial charge in [-0.1, -0.05) is 13.0 Å². The molecule has 1 aromatic carbocycles. The third-order valence-corrected chi connectivity index (χ3v) is 4.63. The zero-order valence-corrected chi connectivity index (χ0v) is 12.4. The highest BCUT2D eigenvalue weighted by Crippen LogP contribution is 2.43. The molecule has 1 aliphatic rings. The first-order valence-electron chi connectivity index (χ1n) is 7.20. The van der Waals surface area contributed by atoms with Gasteiger partial charge in [0.2, 0.25) is 0 Å². The molecule has 1 aromatic rings. The van der Waals surface area contributed by atoms with Crippen LogP contribution in [0.4, 0.5) is 8.78 Å². The molecule has 2 rings (SSSR count). The van der Waals surface area contributed by atoms with Gasteiger partial charge < -0.3 is 10.1 Å². The van der Waals surface area contributed by atoms with Crippen LogP contribution in [0.1, 0.15) is 44.2 Å². The van der Waals surface area contributed by atoms with Crippen molar-refractivity contribution in [1.82, 2.24) is 5.32 Å². The average molecular weight is 283 g/mol. The maximum Gasteiger partial charge on any atom is 0.131 e. The number of hydrogen-bond donors (Lipinski definition) is 1. The molecular weight excluding hydrogens is 260 g/mol. The molecule has 0 aliphatic heterocycles. The minimum absolute atomic E-state index is 0.0893. The lowest BCUT2D eigenvalue weighted by molar-refractivity contribution is -0.0759. The standard InChI is InChI=1S/C16H23F2NO/c1-11-7-9-16(20-3,10-8-11)15(19-2)14-12(17)5-4-6-13(14)18/h4-6,11,15,19H,7-10H2,1-3H3. The molecule has 0 radical (unpaired) electrons. The second-order valence-corrected chi connectivity index (χ2v) is 5.81. The first-order valence-corrected chi connectivity index (χ1v) is 7.20. The molecule has 0 spiro atoms. The molecule has 1 aliphatic carbocycles. The summed E-state index contributed by atoms with van der Waals surface area (Å²) in [6.07, 6.45) is 3.65. The van der Waals surface area contributed by atoms with Gasteiger partial charge in [-0.05, 0) is 50.8 Å². The SMILES string of the molecule is CNC(c1c(F)cccc1F)C1(OC)CCC(C)CC1. The van der Waals surface area contributed by atoms with Crippen molar-refractivity contribution in [2.24, 2.45) is 5.92 Å². The summed E-state index contributed by atoms with van der Waals surface area (Å²) in [6.45, 7) is 2.21. The molecule has 1 N–H and O–H groups in total. The van der Waals surface area contributed by atoms with Crippen molar-refractivity contribution < 1.29 is 13.5 Å². The topological polar surface area (TPSA) is 21.3 Å². The van der Waals surface area contributed by atoms with Crippen LogP contribution in [0, 0.1) is 17.6 Å². The quantitative estimate of drug-likeness (QED) is 0.907. The van der Waals surface area contributed by atoms with Gasteiger partial charge in [0.1, 0.15) is 11.6 Å². The summed E-state index contributed by atoms with van der Waals surface area (Å²) in [5.41, 5.74) is -0.448. The van der Waals surface area contributed by atoms with E-state index < -0.39 is 23.3 Å². The zero-order chi connectivity index (χ0) is 14.8. The van der Waals surface area contributed by atoms with Crippen LogP contribution in [0.5, 0.6) is 0 Å². The molecule has 0 bridgehead atoms. The van der Waals surface area contributed by atoms with E-state index in [4.69, 9.17) is 4.74 Å². The number of rotatable bonds is 4. The van der Waals surface area contributed by atoms with E-state index in [9.17, 15) is 8.78 Å². The lowest BCUT2D eigenvalue weighted by atomic mass is 9.73. The third kappa shape index (κ3) is 2.72. The van der Waals surface area contributed by atoms with Crippen molar-refractivity contribution in [3.63, 3.8) is 0 Å². The number of methoxy groups -OCH3 is 1. The maximum atomic E-state index is 14.1. The van der Waals surface area contributed by atoms with Crippen molar-refractivity contribution in [3.8, 4) is 0 Å². The fourth-order valence-corrected chi connectivity index (χ4v) is 3.32. The van der Waals surface area contributed by atoms with Crippen molar-refractivity contribution in [3.05, 3.63) is 35.4 Å². The Morgan fingerprint density at radius 3 is 2.25 bits per heavy atom. The van der Waals surface area contributed by atoms with Gasteiger partial charge in [-0.2, -0.15) is 0 Å². The van der Waals surface area contributed by atoms with Crippen molar-refractivity contribution in [2.45, 2.75) is 44.2 Å². The Labute approximate surface area is 119 Å². The Morgan fingerprint density at radius 2 is 1.80 bits per heavy atom. The Balaban J connectivity index is 2.40. The molecule has 112 valence electrons. The monoisotopic (exact) mass is 283 g/mol. The van der Waals surface area contributed by atoms with Gasteiger partial charge in [-0.3, -0.25) is 0 Å². The van der Waals surface area contributed by atoms with E-state index >= 15 is 0 Å². The van der Waals surface area contributed by atoms with Gasteiger partial charge in [-0.25, -0.2) is 8.78 Å². The van der Waals surface area contributed by atoms with Crippen molar-refractivity contribution in [2.75, 3.05) is 14.2 Å². The van der Waals surface area contributed by atoms with E-state index in [0.29, 0.717) is 5.92 Å². The second-order valence-electron chi connectivity index (χ2n) is 5.81. The summed E-state index contributed by atoms with van der Waals surface area (Å²) in [4.78, 5) is 0. The Kier molecular flexibility index (Phi) is 4.76. The van der Waals surface area contributed by atoms with E-state index in [-0.39, 0.29) is 5.56 Å². The van der Waals surface area contributed by atoms with Gasteiger partial charge in [-0.15, -0.1) is 0 Å². The Bertz CT molecular complexity index is 436. The van der Waals surface area contributed by atoms with Gasteiger partial charge >= 0.3 is 0 Å². The zero-order valence-electron chi connectivity index (χ0n) is 12.4. The molecule has 1 unspecified atom stereocenters. The highest BCUT2D eigenvalue weighted by atomic mass is 19.1. The minimum Gasteiger partial charge on any atom is -0.376 e. The van der Waals surface area contributed by atoms with Crippen LogP contribution in [0.3, 0.4) is 0 Å². The third-order valence-electron chi connectivity index (χ3n) is 4.63. The smallest absolute Gasteiger partial charge is 0.131 e. The summed E-state index contributed by atoms with van der Waals surface area (Å²) in [5.74, 6) is -0.389. The molecule has 0 aromatic heterocycles. The first kappa shape index (κ1) is 15.4. The van der Waals surface area contributed by atoms with E-state index in [1.165, 1.54) is 18.2 Å². The normalized spacial score (nSPS) is 28.4. The minimum atomic E-state index is -0.537. The molecule has 0 amide bonds. The largest absolute Gasteiger partial charge is 0.376 e. The van der Waals surface area contributed by atoms with Crippen LogP contribution in [0.2, 0.25) is 0 Å². The fraction of sp³-hybridized carbons (Fsp3) is 0.625. The van der Waals surface area contributed by atoms with E-state index in [2.05, 4.69) is 12.2 Å². The van der Waals surface area contributed by atoms with Crippen LogP contribution < -0.4 is 5.32 Å². The summed E-state index contributed by atoms with van der Waals surface area (Å²) in [7, 11) is 3.37. The van der Waals surface area contributed by atoms with Gasteiger partial charge in [0.15, 0.2) is 0 Å². The number of ether oxygens (including phenoxy) is 1. The average Bonchev–Trinajstić information content (AvgIpc) is 2.45. The molecular formula is C16H23F2NO. The Hall–Kier alpha value is -1.00. The molecule has 0 saturated heterocycles. The molecule has 4 heteroatoms. The number of benzene rings is 1. The van der Waals surface area contributed by atoms with E-state index in [1.54, 1.807) is 14.2 Å². The number of hydrogen-bond acceptors (Lipinski definition) is 2. The Morgan fingerprint density at radius 1 is 1.25 bits per heavy atom. The lowest BCUT2D eigenvalue weighted by Gasteiger charge is -2.44. The maximum absolute atomic E-state index is 14.1. The molecule has 2 nitrogen and oxygen atoms in total. The van der Waals surface area contributed by atoms with Gasteiger partial charge in [0.25, 0.3) is 0 Å². The number of nitrogens with one attached hydrogen (secondary N) is 1. The van der Waals surface area contributed by atoms with Crippen molar-refractivity contribution in [1.29, 1.82) is 0 Å². The lowest BCUT2D eigenvalue weighted by Crippen LogP contribution is -2.47. The van der Waals surface area contributed by atoms with Crippen LogP contribution >= 0.6 is 0 Å². The summed E-state index contributed by atoms with van der Waals surface area (Å²) in [6, 6.07) is 3.53. The predicted molar refractivity (Wildman–Crippen MR) is 75.5 cm³/mol. The molecule has 20 heavy (non-hydrogen) atoms. The van der Waals surface area contributed by atoms with Gasteiger partial charge in [0.05, 0.1) is 11.6 Å².